The predicted molar refractivity (Wildman–Crippen MR) is 183 cm³/mol. The Hall–Kier alpha value is -3.95. The molecule has 9 heteroatoms. The standard InChI is InChI=1S/C38H49N3O6/c1-8-20-39(27-14-16-29(17-15-27)46-10-3)35(43)31-30-18-19-38(47-30)32(31)36(44)41(28(23-42)22-24(4)5)34(38)37(45)40(21-9-2)33-25(6)12-11-13-26(33)7/h8-9,11-17,24,28,30-32,34,42H,1-2,10,18-23H2,3-7H3/t28-,30+,31-,32+,34?,38?/m1/s1. The van der Waals surface area contributed by atoms with Crippen LogP contribution >= 0.6 is 0 Å². The number of rotatable bonds is 14. The summed E-state index contributed by atoms with van der Waals surface area (Å²) in [6, 6.07) is 11.5. The highest BCUT2D eigenvalue weighted by Crippen LogP contribution is 2.59. The van der Waals surface area contributed by atoms with Crippen LogP contribution in [-0.4, -0.2) is 77.8 Å². The first-order valence-corrected chi connectivity index (χ1v) is 16.8. The van der Waals surface area contributed by atoms with Gasteiger partial charge in [-0.25, -0.2) is 0 Å². The lowest BCUT2D eigenvalue weighted by molar-refractivity contribution is -0.144. The SMILES string of the molecule is C=CCN(C(=O)[C@@H]1[C@@H]2CCC3(O2)C(C(=O)N(CC=C)c2c(C)cccc2C)N([C@@H](CO)CC(C)C)C(=O)[C@H]13)c1ccc(OCC)cc1. The second-order valence-electron chi connectivity index (χ2n) is 13.4. The number of ether oxygens (including phenoxy) is 2. The van der Waals surface area contributed by atoms with Crippen molar-refractivity contribution in [1.82, 2.24) is 4.90 Å². The molecule has 2 aromatic rings. The summed E-state index contributed by atoms with van der Waals surface area (Å²) in [6.45, 7) is 18.4. The summed E-state index contributed by atoms with van der Waals surface area (Å²) in [6.07, 6.45) is 4.33. The first-order valence-electron chi connectivity index (χ1n) is 16.8. The Bertz CT molecular complexity index is 1480. The molecule has 5 rings (SSSR count). The number of anilines is 2. The van der Waals surface area contributed by atoms with Crippen LogP contribution < -0.4 is 14.5 Å². The normalized spacial score (nSPS) is 25.1. The topological polar surface area (TPSA) is 99.6 Å². The Balaban J connectivity index is 1.60. The smallest absolute Gasteiger partial charge is 0.253 e. The maximum absolute atomic E-state index is 15.0. The summed E-state index contributed by atoms with van der Waals surface area (Å²) in [7, 11) is 0. The molecule has 252 valence electrons. The summed E-state index contributed by atoms with van der Waals surface area (Å²) in [5.41, 5.74) is 2.06. The number of para-hydroxylation sites is 1. The Morgan fingerprint density at radius 3 is 2.28 bits per heavy atom. The number of hydrogen-bond acceptors (Lipinski definition) is 6. The van der Waals surface area contributed by atoms with E-state index in [2.05, 4.69) is 13.2 Å². The fourth-order valence-electron chi connectivity index (χ4n) is 8.19. The quantitative estimate of drug-likeness (QED) is 0.284. The molecule has 47 heavy (non-hydrogen) atoms. The number of nitrogens with zero attached hydrogens (tertiary/aromatic N) is 3. The molecule has 9 nitrogen and oxygen atoms in total. The van der Waals surface area contributed by atoms with Crippen LogP contribution in [0.3, 0.4) is 0 Å². The largest absolute Gasteiger partial charge is 0.494 e. The minimum atomic E-state index is -1.21. The molecule has 1 spiro atoms. The zero-order valence-corrected chi connectivity index (χ0v) is 28.4. The molecule has 0 saturated carbocycles. The Kier molecular flexibility index (Phi) is 10.3. The molecule has 3 aliphatic rings. The zero-order chi connectivity index (χ0) is 34.0. The van der Waals surface area contributed by atoms with E-state index < -0.39 is 35.6 Å². The highest BCUT2D eigenvalue weighted by atomic mass is 16.5. The summed E-state index contributed by atoms with van der Waals surface area (Å²) in [5.74, 6) is -1.67. The van der Waals surface area contributed by atoms with Gasteiger partial charge in [-0.05, 0) is 81.3 Å². The number of likely N-dealkylation sites (tertiary alicyclic amines) is 1. The molecule has 0 aliphatic carbocycles. The number of benzene rings is 2. The summed E-state index contributed by atoms with van der Waals surface area (Å²) in [5, 5.41) is 10.7. The molecule has 3 amide bonds. The fourth-order valence-corrected chi connectivity index (χ4v) is 8.19. The third-order valence-electron chi connectivity index (χ3n) is 9.93. The van der Waals surface area contributed by atoms with Crippen LogP contribution in [0, 0.1) is 31.6 Å². The van der Waals surface area contributed by atoms with Crippen molar-refractivity contribution >= 4 is 29.1 Å². The van der Waals surface area contributed by atoms with E-state index in [1.807, 2.05) is 77.1 Å². The van der Waals surface area contributed by atoms with E-state index >= 15 is 4.79 Å². The van der Waals surface area contributed by atoms with E-state index in [0.29, 0.717) is 37.3 Å². The zero-order valence-electron chi connectivity index (χ0n) is 28.4. The van der Waals surface area contributed by atoms with Gasteiger partial charge in [0, 0.05) is 24.5 Å². The highest BCUT2D eigenvalue weighted by Gasteiger charge is 2.75. The maximum atomic E-state index is 15.0. The van der Waals surface area contributed by atoms with Gasteiger partial charge >= 0.3 is 0 Å². The summed E-state index contributed by atoms with van der Waals surface area (Å²) >= 11 is 0. The van der Waals surface area contributed by atoms with Crippen molar-refractivity contribution < 1.29 is 29.0 Å². The number of aliphatic hydroxyl groups is 1. The van der Waals surface area contributed by atoms with E-state index in [1.165, 1.54) is 0 Å². The van der Waals surface area contributed by atoms with Crippen molar-refractivity contribution in [2.24, 2.45) is 17.8 Å². The van der Waals surface area contributed by atoms with Gasteiger partial charge in [-0.2, -0.15) is 0 Å². The van der Waals surface area contributed by atoms with Crippen LogP contribution in [0.25, 0.3) is 0 Å². The van der Waals surface area contributed by atoms with Crippen LogP contribution in [0.2, 0.25) is 0 Å². The van der Waals surface area contributed by atoms with E-state index in [-0.39, 0.29) is 43.3 Å². The average molecular weight is 644 g/mol. The molecule has 3 aliphatic heterocycles. The number of carbonyl (C=O) groups excluding carboxylic acids is 3. The number of fused-ring (bicyclic) bond motifs is 1. The highest BCUT2D eigenvalue weighted by molar-refractivity contribution is 6.07. The van der Waals surface area contributed by atoms with Gasteiger partial charge < -0.3 is 29.3 Å². The number of carbonyl (C=O) groups is 3. The molecular weight excluding hydrogens is 594 g/mol. The van der Waals surface area contributed by atoms with Crippen molar-refractivity contribution in [1.29, 1.82) is 0 Å². The van der Waals surface area contributed by atoms with Gasteiger partial charge in [-0.15, -0.1) is 13.2 Å². The lowest BCUT2D eigenvalue weighted by Gasteiger charge is -2.40. The van der Waals surface area contributed by atoms with Gasteiger partial charge in [0.1, 0.15) is 17.4 Å². The molecule has 1 N–H and O–H groups in total. The van der Waals surface area contributed by atoms with Crippen LogP contribution in [0.1, 0.15) is 51.2 Å². The monoisotopic (exact) mass is 643 g/mol. The third kappa shape index (κ3) is 6.00. The molecule has 0 aromatic heterocycles. The van der Waals surface area contributed by atoms with Crippen LogP contribution in [0.15, 0.2) is 67.8 Å². The van der Waals surface area contributed by atoms with Crippen LogP contribution in [0.5, 0.6) is 5.75 Å². The molecule has 3 fully saturated rings. The van der Waals surface area contributed by atoms with E-state index in [0.717, 1.165) is 16.8 Å². The van der Waals surface area contributed by atoms with Crippen molar-refractivity contribution in [2.75, 3.05) is 36.1 Å². The van der Waals surface area contributed by atoms with Gasteiger partial charge in [0.15, 0.2) is 0 Å². The van der Waals surface area contributed by atoms with Gasteiger partial charge in [-0.1, -0.05) is 44.2 Å². The molecule has 2 aromatic carbocycles. The van der Waals surface area contributed by atoms with Gasteiger partial charge in [0.2, 0.25) is 11.8 Å². The second-order valence-corrected chi connectivity index (χ2v) is 13.4. The molecule has 6 atom stereocenters. The molecular formula is C38H49N3O6. The predicted octanol–water partition coefficient (Wildman–Crippen LogP) is 5.22. The minimum absolute atomic E-state index is 0.147. The average Bonchev–Trinajstić information content (AvgIpc) is 3.69. The summed E-state index contributed by atoms with van der Waals surface area (Å²) in [4.78, 5) is 49.4. The van der Waals surface area contributed by atoms with E-state index in [4.69, 9.17) is 9.47 Å². The molecule has 3 saturated heterocycles. The Morgan fingerprint density at radius 1 is 1.06 bits per heavy atom. The second kappa shape index (κ2) is 14.0. The number of amides is 3. The Labute approximate surface area is 278 Å². The molecule has 2 unspecified atom stereocenters. The van der Waals surface area contributed by atoms with Gasteiger partial charge in [0.25, 0.3) is 5.91 Å². The van der Waals surface area contributed by atoms with Crippen LogP contribution in [-0.2, 0) is 19.1 Å². The molecule has 3 heterocycles. The first-order chi connectivity index (χ1) is 22.5. The van der Waals surface area contributed by atoms with Crippen molar-refractivity contribution in [3.63, 3.8) is 0 Å². The number of aryl methyl sites for hydroxylation is 2. The van der Waals surface area contributed by atoms with Crippen molar-refractivity contribution in [2.45, 2.75) is 77.7 Å². The lowest BCUT2D eigenvalue weighted by atomic mass is 9.70. The third-order valence-corrected chi connectivity index (χ3v) is 9.93. The van der Waals surface area contributed by atoms with Crippen molar-refractivity contribution in [3.05, 3.63) is 78.9 Å². The van der Waals surface area contributed by atoms with Crippen LogP contribution in [0.4, 0.5) is 11.4 Å². The van der Waals surface area contributed by atoms with E-state index in [9.17, 15) is 14.7 Å². The first kappa shape index (κ1) is 34.4. The maximum Gasteiger partial charge on any atom is 0.253 e. The number of aliphatic hydroxyl groups excluding tert-OH is 1. The lowest BCUT2D eigenvalue weighted by Crippen LogP contribution is -2.59. The minimum Gasteiger partial charge on any atom is -0.494 e. The van der Waals surface area contributed by atoms with Gasteiger partial charge in [0.05, 0.1) is 37.2 Å². The Morgan fingerprint density at radius 2 is 1.70 bits per heavy atom. The number of hydrogen-bond donors (Lipinski definition) is 1. The molecule has 2 bridgehead atoms. The van der Waals surface area contributed by atoms with Crippen molar-refractivity contribution in [3.8, 4) is 5.75 Å². The fraction of sp³-hybridized carbons (Fsp3) is 0.500. The van der Waals surface area contributed by atoms with E-state index in [1.54, 1.807) is 26.9 Å². The molecule has 0 radical (unpaired) electrons. The summed E-state index contributed by atoms with van der Waals surface area (Å²) < 4.78 is 12.4. The van der Waals surface area contributed by atoms with Gasteiger partial charge in [-0.3, -0.25) is 14.4 Å².